The first-order chi connectivity index (χ1) is 19.7. The second-order valence-electron chi connectivity index (χ2n) is 10.6. The highest BCUT2D eigenvalue weighted by Gasteiger charge is 2.39. The van der Waals surface area contributed by atoms with Crippen LogP contribution < -0.4 is 21.3 Å². The van der Waals surface area contributed by atoms with E-state index in [1.807, 2.05) is 48.5 Å². The largest absolute Gasteiger partial charge is 0.459 e. The first-order valence-electron chi connectivity index (χ1n) is 13.6. The third-order valence-corrected chi connectivity index (χ3v) is 8.31. The molecule has 0 saturated heterocycles. The molecule has 1 heterocycles. The maximum atomic E-state index is 13.6. The zero-order valence-electron chi connectivity index (χ0n) is 22.7. The van der Waals surface area contributed by atoms with Crippen molar-refractivity contribution >= 4 is 41.1 Å². The molecule has 0 aromatic heterocycles. The smallest absolute Gasteiger partial charge is 0.333 e. The Morgan fingerprint density at radius 3 is 2.59 bits per heavy atom. The van der Waals surface area contributed by atoms with Crippen LogP contribution in [0.2, 0.25) is 10.0 Å². The number of hydrogen-bond donors (Lipinski definition) is 4. The van der Waals surface area contributed by atoms with E-state index in [4.69, 9.17) is 27.9 Å². The average Bonchev–Trinajstić information content (AvgIpc) is 3.38. The normalized spacial score (nSPS) is 17.0. The summed E-state index contributed by atoms with van der Waals surface area (Å²) in [6.07, 6.45) is 2.30. The minimum absolute atomic E-state index is 0.00352. The number of rotatable bonds is 8. The predicted molar refractivity (Wildman–Crippen MR) is 158 cm³/mol. The fourth-order valence-electron chi connectivity index (χ4n) is 5.32. The number of benzene rings is 3. The van der Waals surface area contributed by atoms with Crippen LogP contribution in [0.1, 0.15) is 57.6 Å². The highest BCUT2D eigenvalue weighted by molar-refractivity contribution is 6.40. The van der Waals surface area contributed by atoms with Gasteiger partial charge < -0.3 is 26.0 Å². The van der Waals surface area contributed by atoms with Crippen LogP contribution in [0.25, 0.3) is 0 Å². The third kappa shape index (κ3) is 6.50. The molecule has 3 amide bonds. The average molecular weight is 596 g/mol. The number of aryl methyl sites for hydroxylation is 1. The van der Waals surface area contributed by atoms with Crippen molar-refractivity contribution in [3.8, 4) is 0 Å². The molecule has 2 atom stereocenters. The Kier molecular flexibility index (Phi) is 8.82. The van der Waals surface area contributed by atoms with Crippen molar-refractivity contribution in [2.75, 3.05) is 13.1 Å². The Balaban J connectivity index is 1.33. The summed E-state index contributed by atoms with van der Waals surface area (Å²) in [4.78, 5) is 40.0. The number of ether oxygens (including phenoxy) is 1. The number of nitrogens with one attached hydrogen (secondary N) is 4. The molecule has 10 heteroatoms. The molecular formula is C31H32Cl2N4O4. The number of fused-ring (bicyclic) bond motifs is 2. The molecule has 0 saturated carbocycles. The summed E-state index contributed by atoms with van der Waals surface area (Å²) in [5.41, 5.74) is 3.31. The number of esters is 1. The SMILES string of the molecule is C[C@](CNC(=O)N[C@@H]1CCc2ccccc21)(NC(=O)c1c(Cl)cc2c(c1Cl)CCNC2)C(=O)OCc1ccccc1. The quantitative estimate of drug-likeness (QED) is 0.279. The van der Waals surface area contributed by atoms with E-state index >= 15 is 0 Å². The Morgan fingerprint density at radius 1 is 1.02 bits per heavy atom. The van der Waals surface area contributed by atoms with E-state index in [1.165, 1.54) is 12.5 Å². The monoisotopic (exact) mass is 594 g/mol. The predicted octanol–water partition coefficient (Wildman–Crippen LogP) is 4.86. The summed E-state index contributed by atoms with van der Waals surface area (Å²) < 4.78 is 5.59. The summed E-state index contributed by atoms with van der Waals surface area (Å²) in [6, 6.07) is 18.3. The zero-order chi connectivity index (χ0) is 29.0. The highest BCUT2D eigenvalue weighted by atomic mass is 35.5. The van der Waals surface area contributed by atoms with E-state index in [1.54, 1.807) is 6.07 Å². The Hall–Kier alpha value is -3.59. The van der Waals surface area contributed by atoms with Crippen LogP contribution in [0.5, 0.6) is 0 Å². The summed E-state index contributed by atoms with van der Waals surface area (Å²) >= 11 is 13.2. The van der Waals surface area contributed by atoms with Gasteiger partial charge in [-0.2, -0.15) is 0 Å². The van der Waals surface area contributed by atoms with Gasteiger partial charge in [0.15, 0.2) is 5.54 Å². The summed E-state index contributed by atoms with van der Waals surface area (Å²) in [7, 11) is 0. The molecule has 214 valence electrons. The van der Waals surface area contributed by atoms with Crippen molar-refractivity contribution in [1.82, 2.24) is 21.3 Å². The van der Waals surface area contributed by atoms with E-state index < -0.39 is 23.4 Å². The molecule has 0 radical (unpaired) electrons. The number of carbonyl (C=O) groups is 3. The lowest BCUT2D eigenvalue weighted by Gasteiger charge is -2.30. The number of halogens is 2. The summed E-state index contributed by atoms with van der Waals surface area (Å²) in [6.45, 7) is 2.61. The van der Waals surface area contributed by atoms with Gasteiger partial charge in [-0.1, -0.05) is 77.8 Å². The van der Waals surface area contributed by atoms with Crippen LogP contribution in [0, 0.1) is 0 Å². The zero-order valence-corrected chi connectivity index (χ0v) is 24.2. The first kappa shape index (κ1) is 28.9. The molecule has 0 unspecified atom stereocenters. The van der Waals surface area contributed by atoms with Gasteiger partial charge in [0, 0.05) is 6.54 Å². The molecule has 1 aliphatic carbocycles. The molecule has 2 aliphatic rings. The van der Waals surface area contributed by atoms with Gasteiger partial charge in [0.05, 0.1) is 28.2 Å². The van der Waals surface area contributed by atoms with Crippen molar-refractivity contribution in [2.45, 2.75) is 50.9 Å². The van der Waals surface area contributed by atoms with Gasteiger partial charge in [-0.05, 0) is 66.6 Å². The van der Waals surface area contributed by atoms with Gasteiger partial charge in [0.25, 0.3) is 5.91 Å². The van der Waals surface area contributed by atoms with E-state index in [0.29, 0.717) is 13.0 Å². The minimum atomic E-state index is -1.62. The molecule has 3 aromatic carbocycles. The number of hydrogen-bond acceptors (Lipinski definition) is 5. The Labute approximate surface area is 249 Å². The molecule has 5 rings (SSSR count). The topological polar surface area (TPSA) is 109 Å². The number of amides is 3. The van der Waals surface area contributed by atoms with Crippen LogP contribution in [0.3, 0.4) is 0 Å². The summed E-state index contributed by atoms with van der Waals surface area (Å²) in [5, 5.41) is 12.2. The lowest BCUT2D eigenvalue weighted by molar-refractivity contribution is -0.151. The molecule has 1 aliphatic heterocycles. The molecule has 0 fully saturated rings. The fourth-order valence-corrected chi connectivity index (χ4v) is 6.08. The molecular weight excluding hydrogens is 563 g/mol. The first-order valence-corrected chi connectivity index (χ1v) is 14.4. The molecule has 4 N–H and O–H groups in total. The van der Waals surface area contributed by atoms with Gasteiger partial charge in [0.1, 0.15) is 6.61 Å². The second kappa shape index (κ2) is 12.5. The van der Waals surface area contributed by atoms with Crippen LogP contribution >= 0.6 is 23.2 Å². The maximum Gasteiger partial charge on any atom is 0.333 e. The van der Waals surface area contributed by atoms with Crippen molar-refractivity contribution < 1.29 is 19.1 Å². The van der Waals surface area contributed by atoms with Crippen molar-refractivity contribution in [3.63, 3.8) is 0 Å². The van der Waals surface area contributed by atoms with Crippen LogP contribution in [-0.2, 0) is 35.5 Å². The fraction of sp³-hybridized carbons (Fsp3) is 0.323. The van der Waals surface area contributed by atoms with Gasteiger partial charge in [0.2, 0.25) is 0 Å². The van der Waals surface area contributed by atoms with E-state index in [-0.39, 0.29) is 34.8 Å². The third-order valence-electron chi connectivity index (χ3n) is 7.60. The van der Waals surface area contributed by atoms with E-state index in [9.17, 15) is 14.4 Å². The molecule has 0 spiro atoms. The van der Waals surface area contributed by atoms with Gasteiger partial charge in [-0.15, -0.1) is 0 Å². The summed E-state index contributed by atoms with van der Waals surface area (Å²) in [5.74, 6) is -1.34. The Bertz CT molecular complexity index is 1470. The van der Waals surface area contributed by atoms with Crippen molar-refractivity contribution in [3.05, 3.63) is 104 Å². The van der Waals surface area contributed by atoms with Gasteiger partial charge in [-0.3, -0.25) is 4.79 Å². The molecule has 0 bridgehead atoms. The standard InChI is InChI=1S/C31H32Cl2N4O4/c1-31(29(39)41-17-19-7-3-2-4-8-19,18-35-30(40)36-25-12-11-20-9-5-6-10-22(20)25)37-28(38)26-24(32)15-21-16-34-14-13-23(21)27(26)33/h2-10,15,25,34H,11-14,16-18H2,1H3,(H,37,38)(H2,35,36,40)/t25-,31-/m1/s1. The van der Waals surface area contributed by atoms with Gasteiger partial charge in [-0.25, -0.2) is 9.59 Å². The molecule has 41 heavy (non-hydrogen) atoms. The van der Waals surface area contributed by atoms with Gasteiger partial charge >= 0.3 is 12.0 Å². The molecule has 3 aromatic rings. The van der Waals surface area contributed by atoms with Crippen LogP contribution in [0.4, 0.5) is 4.79 Å². The Morgan fingerprint density at radius 2 is 1.78 bits per heavy atom. The lowest BCUT2D eigenvalue weighted by atomic mass is 9.96. The highest BCUT2D eigenvalue weighted by Crippen LogP contribution is 2.34. The minimum Gasteiger partial charge on any atom is -0.459 e. The van der Waals surface area contributed by atoms with Crippen LogP contribution in [0.15, 0.2) is 60.7 Å². The van der Waals surface area contributed by atoms with E-state index in [2.05, 4.69) is 27.3 Å². The number of urea groups is 1. The van der Waals surface area contributed by atoms with Crippen LogP contribution in [-0.4, -0.2) is 36.5 Å². The van der Waals surface area contributed by atoms with Crippen molar-refractivity contribution in [2.24, 2.45) is 0 Å². The van der Waals surface area contributed by atoms with Crippen molar-refractivity contribution in [1.29, 1.82) is 0 Å². The lowest BCUT2D eigenvalue weighted by Crippen LogP contribution is -2.60. The number of carbonyl (C=O) groups excluding carboxylic acids is 3. The maximum absolute atomic E-state index is 13.6. The van der Waals surface area contributed by atoms with E-state index in [0.717, 1.165) is 41.6 Å². The second-order valence-corrected chi connectivity index (χ2v) is 11.4. The molecule has 8 nitrogen and oxygen atoms in total.